The summed E-state index contributed by atoms with van der Waals surface area (Å²) < 4.78 is 31.9. The molecule has 65 heavy (non-hydrogen) atoms. The van der Waals surface area contributed by atoms with Crippen LogP contribution in [0, 0.1) is 11.8 Å². The van der Waals surface area contributed by atoms with Gasteiger partial charge >= 0.3 is 17.6 Å². The Balaban J connectivity index is 1.20. The molecule has 0 radical (unpaired) electrons. The Labute approximate surface area is 381 Å². The van der Waals surface area contributed by atoms with Crippen molar-refractivity contribution in [2.24, 2.45) is 11.8 Å². The van der Waals surface area contributed by atoms with Gasteiger partial charge in [-0.2, -0.15) is 0 Å². The number of aryl methyl sites for hydroxylation is 2. The van der Waals surface area contributed by atoms with E-state index in [-0.39, 0.29) is 49.0 Å². The second-order valence-electron chi connectivity index (χ2n) is 18.7. The maximum absolute atomic E-state index is 14.8. The standard InChI is InChI=1S/C55H62O10/c1-35(2)45-24-22-36-16-18-39(19-17-36)30-41(21-20-38-12-9-13-40(29-38)28-37-10-5-4-6-11-37)31-48(58)62-51-49-47(65-55(3,44-14-7-8-15-44)52(51)64-53(45)59)25-23-42-32-46(54(60)63-50(42)49)43(26-27-56)33-61-34-57/h4-6,9-13,16-19,23,25,29,32,41,43-44,51-52,56-57H,7-8,14-15,20-22,24,26-28,30-31,33-34H2,1-3H3. The summed E-state index contributed by atoms with van der Waals surface area (Å²) in [6, 6.07) is 32.9. The number of rotatable bonds is 12. The van der Waals surface area contributed by atoms with Crippen LogP contribution in [0.15, 0.2) is 117 Å². The smallest absolute Gasteiger partial charge is 0.339 e. The van der Waals surface area contributed by atoms with Crippen LogP contribution < -0.4 is 10.4 Å². The zero-order valence-corrected chi connectivity index (χ0v) is 37.9. The third kappa shape index (κ3) is 10.6. The van der Waals surface area contributed by atoms with Crippen LogP contribution in [0.5, 0.6) is 5.75 Å². The molecule has 9 rings (SSSR count). The predicted octanol–water partition coefficient (Wildman–Crippen LogP) is 9.82. The van der Waals surface area contributed by atoms with E-state index in [9.17, 15) is 24.6 Å². The number of benzene rings is 4. The lowest BCUT2D eigenvalue weighted by molar-refractivity contribution is -0.199. The number of esters is 2. The first-order valence-corrected chi connectivity index (χ1v) is 23.4. The van der Waals surface area contributed by atoms with Gasteiger partial charge in [0.2, 0.25) is 0 Å². The molecule has 342 valence electrons. The fourth-order valence-corrected chi connectivity index (χ4v) is 10.4. The zero-order chi connectivity index (χ0) is 45.5. The highest BCUT2D eigenvalue weighted by Gasteiger charge is 2.57. The number of hydrogen-bond acceptors (Lipinski definition) is 10. The average Bonchev–Trinajstić information content (AvgIpc) is 3.85. The summed E-state index contributed by atoms with van der Waals surface area (Å²) in [5.74, 6) is -1.21. The molecule has 5 aromatic rings. The highest BCUT2D eigenvalue weighted by molar-refractivity contribution is 5.90. The molecule has 1 aliphatic carbocycles. The molecule has 10 nitrogen and oxygen atoms in total. The minimum atomic E-state index is -1.18. The number of allylic oxidation sites excluding steroid dienone is 1. The van der Waals surface area contributed by atoms with Crippen molar-refractivity contribution >= 4 is 22.9 Å². The van der Waals surface area contributed by atoms with Crippen molar-refractivity contribution in [1.29, 1.82) is 0 Å². The Kier molecular flexibility index (Phi) is 14.7. The molecule has 5 unspecified atom stereocenters. The van der Waals surface area contributed by atoms with Crippen molar-refractivity contribution in [1.82, 2.24) is 0 Å². The van der Waals surface area contributed by atoms with Gasteiger partial charge in [-0.3, -0.25) is 4.79 Å². The van der Waals surface area contributed by atoms with Crippen LogP contribution in [-0.2, 0) is 49.5 Å². The first-order valence-electron chi connectivity index (χ1n) is 23.4. The van der Waals surface area contributed by atoms with Crippen LogP contribution >= 0.6 is 0 Å². The van der Waals surface area contributed by atoms with Crippen molar-refractivity contribution in [2.45, 2.75) is 122 Å². The first kappa shape index (κ1) is 46.0. The van der Waals surface area contributed by atoms with Gasteiger partial charge in [-0.25, -0.2) is 9.59 Å². The lowest BCUT2D eigenvalue weighted by Gasteiger charge is -2.48. The topological polar surface area (TPSA) is 142 Å². The van der Waals surface area contributed by atoms with E-state index in [1.165, 1.54) is 16.7 Å². The van der Waals surface area contributed by atoms with Crippen LogP contribution in [0.2, 0.25) is 0 Å². The van der Waals surface area contributed by atoms with Gasteiger partial charge in [0.05, 0.1) is 12.2 Å². The lowest BCUT2D eigenvalue weighted by Crippen LogP contribution is -2.58. The molecule has 0 saturated heterocycles. The molecule has 2 bridgehead atoms. The van der Waals surface area contributed by atoms with E-state index in [1.807, 2.05) is 32.9 Å². The summed E-state index contributed by atoms with van der Waals surface area (Å²) in [5, 5.41) is 19.8. The normalized spacial score (nSPS) is 22.2. The van der Waals surface area contributed by atoms with E-state index < -0.39 is 48.1 Å². The quantitative estimate of drug-likeness (QED) is 0.0539. The maximum Gasteiger partial charge on any atom is 0.339 e. The molecule has 4 aliphatic rings. The Hall–Kier alpha value is -5.55. The minimum Gasteiger partial charge on any atom is -0.483 e. The van der Waals surface area contributed by atoms with Gasteiger partial charge in [-0.05, 0) is 130 Å². The van der Waals surface area contributed by atoms with Gasteiger partial charge in [0, 0.05) is 41.4 Å². The molecule has 10 heteroatoms. The average molecular weight is 883 g/mol. The van der Waals surface area contributed by atoms with Crippen LogP contribution in [0.4, 0.5) is 0 Å². The molecule has 0 amide bonds. The van der Waals surface area contributed by atoms with E-state index in [0.717, 1.165) is 61.6 Å². The third-order valence-electron chi connectivity index (χ3n) is 14.0. The Bertz CT molecular complexity index is 2530. The first-order chi connectivity index (χ1) is 31.5. The van der Waals surface area contributed by atoms with Gasteiger partial charge < -0.3 is 33.6 Å². The third-order valence-corrected chi connectivity index (χ3v) is 14.0. The van der Waals surface area contributed by atoms with E-state index in [2.05, 4.69) is 72.8 Å². The molecule has 1 aromatic heterocycles. The second-order valence-corrected chi connectivity index (χ2v) is 18.7. The molecule has 1 saturated carbocycles. The molecule has 3 aliphatic heterocycles. The minimum absolute atomic E-state index is 0.00362. The Morgan fingerprint density at radius 2 is 1.55 bits per heavy atom. The monoisotopic (exact) mass is 882 g/mol. The van der Waals surface area contributed by atoms with Crippen molar-refractivity contribution < 1.29 is 43.2 Å². The summed E-state index contributed by atoms with van der Waals surface area (Å²) in [6.07, 6.45) is 5.79. The summed E-state index contributed by atoms with van der Waals surface area (Å²) in [7, 11) is 0. The van der Waals surface area contributed by atoms with E-state index in [1.54, 1.807) is 12.1 Å². The Morgan fingerprint density at radius 1 is 0.815 bits per heavy atom. The number of aliphatic hydroxyl groups is 2. The highest BCUT2D eigenvalue weighted by atomic mass is 16.6. The summed E-state index contributed by atoms with van der Waals surface area (Å²) >= 11 is 0. The number of carbonyl (C=O) groups excluding carboxylic acids is 2. The predicted molar refractivity (Wildman–Crippen MR) is 249 cm³/mol. The van der Waals surface area contributed by atoms with E-state index >= 15 is 0 Å². The zero-order valence-electron chi connectivity index (χ0n) is 37.9. The second kappa shape index (κ2) is 20.7. The van der Waals surface area contributed by atoms with Gasteiger partial charge in [-0.1, -0.05) is 97.3 Å². The molecule has 4 heterocycles. The molecule has 1 fully saturated rings. The molecular weight excluding hydrogens is 821 g/mol. The number of hydrogen-bond donors (Lipinski definition) is 2. The number of aliphatic hydroxyl groups excluding tert-OH is 2. The molecule has 5 atom stereocenters. The molecule has 4 aromatic carbocycles. The number of ether oxygens (including phenoxy) is 4. The van der Waals surface area contributed by atoms with E-state index in [0.29, 0.717) is 41.5 Å². The van der Waals surface area contributed by atoms with Crippen LogP contribution in [0.1, 0.15) is 123 Å². The largest absolute Gasteiger partial charge is 0.483 e. The van der Waals surface area contributed by atoms with Gasteiger partial charge in [0.15, 0.2) is 12.2 Å². The number of fused-ring (bicyclic) bond motifs is 13. The van der Waals surface area contributed by atoms with Crippen LogP contribution in [-0.4, -0.2) is 53.9 Å². The SMILES string of the molecule is CC(C)=C1CCc2ccc(cc2)CC(CCc2cccc(Cc3ccccc3)c2)CC(=O)OC2c3c(ccc4cc(C(CCO)COCO)c(=O)oc34)OC(C)(C3CCCC3)C2OC1=O. The maximum atomic E-state index is 14.8. The van der Waals surface area contributed by atoms with Crippen molar-refractivity contribution in [3.8, 4) is 5.75 Å². The van der Waals surface area contributed by atoms with Crippen molar-refractivity contribution in [3.63, 3.8) is 0 Å². The van der Waals surface area contributed by atoms with Gasteiger partial charge in [-0.15, -0.1) is 0 Å². The summed E-state index contributed by atoms with van der Waals surface area (Å²) in [6.45, 7) is 5.03. The van der Waals surface area contributed by atoms with Crippen molar-refractivity contribution in [3.05, 3.63) is 158 Å². The summed E-state index contributed by atoms with van der Waals surface area (Å²) in [5.41, 5.74) is 6.31. The molecule has 2 N–H and O–H groups in total. The molecular formula is C55H62O10. The lowest BCUT2D eigenvalue weighted by atomic mass is 9.76. The van der Waals surface area contributed by atoms with Gasteiger partial charge in [0.25, 0.3) is 0 Å². The molecule has 0 spiro atoms. The summed E-state index contributed by atoms with van der Waals surface area (Å²) in [4.78, 5) is 43.4. The van der Waals surface area contributed by atoms with Crippen LogP contribution in [0.3, 0.4) is 0 Å². The van der Waals surface area contributed by atoms with Crippen molar-refractivity contribution in [2.75, 3.05) is 20.0 Å². The highest BCUT2D eigenvalue weighted by Crippen LogP contribution is 2.52. The fraction of sp³-hybridized carbons (Fsp3) is 0.436. The Morgan fingerprint density at radius 3 is 2.29 bits per heavy atom. The van der Waals surface area contributed by atoms with Crippen LogP contribution in [0.25, 0.3) is 11.0 Å². The fourth-order valence-electron chi connectivity index (χ4n) is 10.4. The van der Waals surface area contributed by atoms with E-state index in [4.69, 9.17) is 23.4 Å². The van der Waals surface area contributed by atoms with Gasteiger partial charge in [0.1, 0.15) is 23.7 Å². The number of carbonyl (C=O) groups is 2.